The summed E-state index contributed by atoms with van der Waals surface area (Å²) in [4.78, 5) is 12.7. The van der Waals surface area contributed by atoms with Gasteiger partial charge in [0.1, 0.15) is 4.88 Å². The molecule has 1 amide bonds. The molecule has 0 bridgehead atoms. The lowest BCUT2D eigenvalue weighted by Crippen LogP contribution is -2.18. The van der Waals surface area contributed by atoms with Crippen LogP contribution in [0.4, 0.5) is 0 Å². The third kappa shape index (κ3) is 3.83. The second-order valence-electron chi connectivity index (χ2n) is 5.14. The standard InChI is InChI=1S/C16H19ClN2OS/c1-4-5-6-11(3)18-19-16(20)15-14(17)12-8-7-10(2)9-13(12)21-15/h7-9H,4-6H2,1-3H3,(H,19,20). The summed E-state index contributed by atoms with van der Waals surface area (Å²) in [7, 11) is 0. The highest BCUT2D eigenvalue weighted by atomic mass is 35.5. The van der Waals surface area contributed by atoms with Crippen LogP contribution >= 0.6 is 22.9 Å². The maximum Gasteiger partial charge on any atom is 0.283 e. The molecule has 1 aromatic carbocycles. The van der Waals surface area contributed by atoms with Crippen LogP contribution in [0.3, 0.4) is 0 Å². The minimum atomic E-state index is -0.241. The summed E-state index contributed by atoms with van der Waals surface area (Å²) in [5.41, 5.74) is 4.68. The molecule has 3 nitrogen and oxygen atoms in total. The molecule has 5 heteroatoms. The molecule has 0 aliphatic carbocycles. The maximum atomic E-state index is 12.2. The molecule has 1 heterocycles. The van der Waals surface area contributed by atoms with Gasteiger partial charge in [-0.3, -0.25) is 4.79 Å². The fraction of sp³-hybridized carbons (Fsp3) is 0.375. The lowest BCUT2D eigenvalue weighted by molar-refractivity contribution is 0.0959. The lowest BCUT2D eigenvalue weighted by atomic mass is 10.2. The average molecular weight is 323 g/mol. The van der Waals surface area contributed by atoms with Gasteiger partial charge in [0.25, 0.3) is 5.91 Å². The largest absolute Gasteiger partial charge is 0.283 e. The molecule has 1 aromatic heterocycles. The number of fused-ring (bicyclic) bond motifs is 1. The molecule has 112 valence electrons. The van der Waals surface area contributed by atoms with Crippen LogP contribution in [0.1, 0.15) is 48.3 Å². The second kappa shape index (κ2) is 7.05. The van der Waals surface area contributed by atoms with Gasteiger partial charge in [-0.2, -0.15) is 5.10 Å². The zero-order valence-corrected chi connectivity index (χ0v) is 14.1. The molecular formula is C16H19ClN2OS. The summed E-state index contributed by atoms with van der Waals surface area (Å²) in [5, 5.41) is 5.56. The van der Waals surface area contributed by atoms with E-state index in [0.717, 1.165) is 40.6 Å². The molecule has 0 aliphatic heterocycles. The van der Waals surface area contributed by atoms with Crippen LogP contribution in [0, 0.1) is 6.92 Å². The Morgan fingerprint density at radius 1 is 1.43 bits per heavy atom. The first-order valence-electron chi connectivity index (χ1n) is 7.05. The Morgan fingerprint density at radius 3 is 2.90 bits per heavy atom. The Morgan fingerprint density at radius 2 is 2.19 bits per heavy atom. The molecule has 0 radical (unpaired) electrons. The zero-order chi connectivity index (χ0) is 15.4. The van der Waals surface area contributed by atoms with E-state index in [-0.39, 0.29) is 5.91 Å². The number of thiophene rings is 1. The van der Waals surface area contributed by atoms with Crippen molar-refractivity contribution in [2.75, 3.05) is 0 Å². The van der Waals surface area contributed by atoms with E-state index in [1.807, 2.05) is 32.0 Å². The first kappa shape index (κ1) is 16.0. The van der Waals surface area contributed by atoms with Gasteiger partial charge in [0.15, 0.2) is 0 Å². The van der Waals surface area contributed by atoms with Crippen LogP contribution in [0.25, 0.3) is 10.1 Å². The molecule has 2 aromatic rings. The van der Waals surface area contributed by atoms with E-state index >= 15 is 0 Å². The Kier molecular flexibility index (Phi) is 5.37. The fourth-order valence-electron chi connectivity index (χ4n) is 2.00. The summed E-state index contributed by atoms with van der Waals surface area (Å²) >= 11 is 7.71. The van der Waals surface area contributed by atoms with Gasteiger partial charge in [-0.25, -0.2) is 5.43 Å². The van der Waals surface area contributed by atoms with E-state index in [1.165, 1.54) is 11.3 Å². The number of nitrogens with one attached hydrogen (secondary N) is 1. The van der Waals surface area contributed by atoms with Crippen LogP contribution in [0.2, 0.25) is 5.02 Å². The number of hydrogen-bond donors (Lipinski definition) is 1. The summed E-state index contributed by atoms with van der Waals surface area (Å²) in [6.45, 7) is 6.07. The number of nitrogens with zero attached hydrogens (tertiary/aromatic N) is 1. The summed E-state index contributed by atoms with van der Waals surface area (Å²) in [6.07, 6.45) is 3.09. The fourth-order valence-corrected chi connectivity index (χ4v) is 3.51. The molecule has 1 N–H and O–H groups in total. The molecule has 0 aliphatic rings. The predicted molar refractivity (Wildman–Crippen MR) is 91.7 cm³/mol. The van der Waals surface area contributed by atoms with Gasteiger partial charge in [0, 0.05) is 15.8 Å². The average Bonchev–Trinajstić information content (AvgIpc) is 2.79. The smallest absolute Gasteiger partial charge is 0.266 e. The lowest BCUT2D eigenvalue weighted by Gasteiger charge is -2.01. The Bertz CT molecular complexity index is 691. The normalized spacial score (nSPS) is 11.9. The first-order valence-corrected chi connectivity index (χ1v) is 8.24. The number of unbranched alkanes of at least 4 members (excludes halogenated alkanes) is 1. The van der Waals surface area contributed by atoms with Crippen molar-refractivity contribution in [2.45, 2.75) is 40.0 Å². The van der Waals surface area contributed by atoms with Gasteiger partial charge in [-0.05, 0) is 38.3 Å². The first-order chi connectivity index (χ1) is 10.0. The zero-order valence-electron chi connectivity index (χ0n) is 12.5. The van der Waals surface area contributed by atoms with E-state index in [0.29, 0.717) is 9.90 Å². The van der Waals surface area contributed by atoms with Crippen molar-refractivity contribution in [1.82, 2.24) is 5.43 Å². The van der Waals surface area contributed by atoms with Gasteiger partial charge in [0.2, 0.25) is 0 Å². The minimum absolute atomic E-state index is 0.241. The number of hydrazone groups is 1. The van der Waals surface area contributed by atoms with Crippen molar-refractivity contribution < 1.29 is 4.79 Å². The Labute approximate surface area is 134 Å². The van der Waals surface area contributed by atoms with Gasteiger partial charge in [0.05, 0.1) is 5.02 Å². The molecule has 2 rings (SSSR count). The number of carbonyl (C=O) groups excluding carboxylic acids is 1. The molecule has 0 saturated heterocycles. The number of halogens is 1. The number of hydrogen-bond acceptors (Lipinski definition) is 3. The van der Waals surface area contributed by atoms with Crippen LogP contribution in [-0.4, -0.2) is 11.6 Å². The predicted octanol–water partition coefficient (Wildman–Crippen LogP) is 5.16. The number of amides is 1. The van der Waals surface area contributed by atoms with Crippen molar-refractivity contribution >= 4 is 44.6 Å². The number of carbonyl (C=O) groups is 1. The van der Waals surface area contributed by atoms with Crippen molar-refractivity contribution in [3.8, 4) is 0 Å². The molecule has 0 unspecified atom stereocenters. The van der Waals surface area contributed by atoms with Gasteiger partial charge in [-0.15, -0.1) is 11.3 Å². The van der Waals surface area contributed by atoms with Crippen LogP contribution in [0.5, 0.6) is 0 Å². The number of rotatable bonds is 5. The molecule has 21 heavy (non-hydrogen) atoms. The van der Waals surface area contributed by atoms with E-state index in [2.05, 4.69) is 17.5 Å². The van der Waals surface area contributed by atoms with E-state index < -0.39 is 0 Å². The van der Waals surface area contributed by atoms with Crippen LogP contribution in [0.15, 0.2) is 23.3 Å². The highest BCUT2D eigenvalue weighted by molar-refractivity contribution is 7.21. The SMILES string of the molecule is CCCCC(C)=NNC(=O)c1sc2cc(C)ccc2c1Cl. The minimum Gasteiger partial charge on any atom is -0.266 e. The Hall–Kier alpha value is -1.39. The van der Waals surface area contributed by atoms with Gasteiger partial charge >= 0.3 is 0 Å². The monoisotopic (exact) mass is 322 g/mol. The maximum absolute atomic E-state index is 12.2. The molecule has 0 spiro atoms. The summed E-state index contributed by atoms with van der Waals surface area (Å²) in [6, 6.07) is 5.99. The van der Waals surface area contributed by atoms with Crippen molar-refractivity contribution in [2.24, 2.45) is 5.10 Å². The topological polar surface area (TPSA) is 41.5 Å². The second-order valence-corrected chi connectivity index (χ2v) is 6.57. The molecule has 0 fully saturated rings. The van der Waals surface area contributed by atoms with E-state index in [1.54, 1.807) is 0 Å². The van der Waals surface area contributed by atoms with E-state index in [4.69, 9.17) is 11.6 Å². The molecule has 0 atom stereocenters. The van der Waals surface area contributed by atoms with Crippen molar-refractivity contribution in [1.29, 1.82) is 0 Å². The third-order valence-corrected chi connectivity index (χ3v) is 4.89. The van der Waals surface area contributed by atoms with E-state index in [9.17, 15) is 4.79 Å². The quantitative estimate of drug-likeness (QED) is 0.599. The molecular weight excluding hydrogens is 304 g/mol. The third-order valence-electron chi connectivity index (χ3n) is 3.23. The molecule has 0 saturated carbocycles. The summed E-state index contributed by atoms with van der Waals surface area (Å²) < 4.78 is 1.02. The van der Waals surface area contributed by atoms with Gasteiger partial charge in [-0.1, -0.05) is 37.1 Å². The van der Waals surface area contributed by atoms with Gasteiger partial charge < -0.3 is 0 Å². The van der Waals surface area contributed by atoms with Crippen molar-refractivity contribution in [3.63, 3.8) is 0 Å². The number of aryl methyl sites for hydroxylation is 1. The van der Waals surface area contributed by atoms with Crippen molar-refractivity contribution in [3.05, 3.63) is 33.7 Å². The summed E-state index contributed by atoms with van der Waals surface area (Å²) in [5.74, 6) is -0.241. The Balaban J connectivity index is 2.18. The highest BCUT2D eigenvalue weighted by Gasteiger charge is 2.16. The number of benzene rings is 1. The highest BCUT2D eigenvalue weighted by Crippen LogP contribution is 2.35. The van der Waals surface area contributed by atoms with Crippen LogP contribution in [-0.2, 0) is 0 Å². The van der Waals surface area contributed by atoms with Crippen LogP contribution < -0.4 is 5.43 Å².